The highest BCUT2D eigenvalue weighted by molar-refractivity contribution is 7.85. The maximum Gasteiger partial charge on any atom is 0.328 e. The van der Waals surface area contributed by atoms with Crippen molar-refractivity contribution in [2.24, 2.45) is 7.05 Å². The van der Waals surface area contributed by atoms with Crippen LogP contribution in [0.5, 0.6) is 0 Å². The highest BCUT2D eigenvalue weighted by Crippen LogP contribution is 2.19. The molecule has 18 heavy (non-hydrogen) atoms. The van der Waals surface area contributed by atoms with Crippen LogP contribution >= 0.6 is 0 Å². The summed E-state index contributed by atoms with van der Waals surface area (Å²) in [6, 6.07) is 2.42. The fourth-order valence-corrected chi connectivity index (χ4v) is 2.50. The van der Waals surface area contributed by atoms with Crippen LogP contribution in [-0.4, -0.2) is 22.5 Å². The molecule has 0 spiro atoms. The maximum atomic E-state index is 11.6. The van der Waals surface area contributed by atoms with Gasteiger partial charge in [-0.15, -0.1) is 0 Å². The summed E-state index contributed by atoms with van der Waals surface area (Å²) in [7, 11) is -2.95. The van der Waals surface area contributed by atoms with Gasteiger partial charge in [0.15, 0.2) is 0 Å². The predicted octanol–water partition coefficient (Wildman–Crippen LogP) is -0.218. The quantitative estimate of drug-likeness (QED) is 0.696. The second-order valence-electron chi connectivity index (χ2n) is 3.93. The first-order chi connectivity index (χ1) is 8.21. The molecule has 0 aliphatic carbocycles. The van der Waals surface area contributed by atoms with Gasteiger partial charge in [0.25, 0.3) is 15.7 Å². The normalized spacial score (nSPS) is 11.9. The first-order valence-corrected chi connectivity index (χ1v) is 6.37. The van der Waals surface area contributed by atoms with Crippen LogP contribution in [0.2, 0.25) is 0 Å². The highest BCUT2D eigenvalue weighted by atomic mass is 32.2. The molecule has 0 fully saturated rings. The van der Waals surface area contributed by atoms with Crippen LogP contribution in [0.15, 0.2) is 26.6 Å². The van der Waals surface area contributed by atoms with Crippen molar-refractivity contribution >= 4 is 21.0 Å². The number of benzene rings is 1. The standard InChI is InChI=1S/C10H10N2O5S/c1-5-3-7-6(4-8(5)18(15,16)17)9(13)11-10(14)12(7)2/h3-4H,1-2H3,(H,11,13,14)(H,15,16,17). The second kappa shape index (κ2) is 3.79. The van der Waals surface area contributed by atoms with Gasteiger partial charge in [0.1, 0.15) is 0 Å². The molecule has 1 aromatic heterocycles. The van der Waals surface area contributed by atoms with E-state index in [-0.39, 0.29) is 15.8 Å². The SMILES string of the molecule is Cc1cc2c(cc1S(=O)(=O)O)c(=O)[nH]c(=O)n2C. The minimum absolute atomic E-state index is 0.0234. The van der Waals surface area contributed by atoms with Crippen LogP contribution in [0, 0.1) is 6.92 Å². The third kappa shape index (κ3) is 1.85. The van der Waals surface area contributed by atoms with Gasteiger partial charge in [0.2, 0.25) is 0 Å². The molecule has 0 amide bonds. The average molecular weight is 270 g/mol. The number of rotatable bonds is 1. The Kier molecular flexibility index (Phi) is 2.63. The lowest BCUT2D eigenvalue weighted by atomic mass is 10.1. The van der Waals surface area contributed by atoms with Crippen molar-refractivity contribution in [1.29, 1.82) is 0 Å². The van der Waals surface area contributed by atoms with Gasteiger partial charge < -0.3 is 0 Å². The molecule has 0 atom stereocenters. The number of fused-ring (bicyclic) bond motifs is 1. The van der Waals surface area contributed by atoms with Crippen molar-refractivity contribution in [1.82, 2.24) is 9.55 Å². The van der Waals surface area contributed by atoms with Gasteiger partial charge in [-0.1, -0.05) is 0 Å². The third-order valence-corrected chi connectivity index (χ3v) is 3.70. The molecule has 0 aliphatic rings. The van der Waals surface area contributed by atoms with E-state index in [9.17, 15) is 18.0 Å². The smallest absolute Gasteiger partial charge is 0.296 e. The van der Waals surface area contributed by atoms with Gasteiger partial charge in [0, 0.05) is 7.05 Å². The number of hydrogen-bond donors (Lipinski definition) is 2. The van der Waals surface area contributed by atoms with Crippen molar-refractivity contribution in [3.63, 3.8) is 0 Å². The summed E-state index contributed by atoms with van der Waals surface area (Å²) in [5.74, 6) is 0. The Morgan fingerprint density at radius 2 is 1.89 bits per heavy atom. The fraction of sp³-hybridized carbons (Fsp3) is 0.200. The number of aromatic amines is 1. The molecule has 0 saturated heterocycles. The third-order valence-electron chi connectivity index (χ3n) is 2.70. The summed E-state index contributed by atoms with van der Waals surface area (Å²) in [5.41, 5.74) is -0.733. The lowest BCUT2D eigenvalue weighted by Gasteiger charge is -2.07. The van der Waals surface area contributed by atoms with Gasteiger partial charge >= 0.3 is 5.69 Å². The molecule has 7 nitrogen and oxygen atoms in total. The zero-order chi connectivity index (χ0) is 13.7. The number of nitrogens with zero attached hydrogens (tertiary/aromatic N) is 1. The number of aromatic nitrogens is 2. The Morgan fingerprint density at radius 3 is 2.44 bits per heavy atom. The number of hydrogen-bond acceptors (Lipinski definition) is 4. The summed E-state index contributed by atoms with van der Waals surface area (Å²) in [4.78, 5) is 24.7. The van der Waals surface area contributed by atoms with Gasteiger partial charge in [-0.2, -0.15) is 8.42 Å². The molecule has 0 bridgehead atoms. The molecule has 1 aromatic carbocycles. The Bertz CT molecular complexity index is 860. The molecule has 0 aliphatic heterocycles. The van der Waals surface area contributed by atoms with E-state index in [1.54, 1.807) is 0 Å². The Morgan fingerprint density at radius 1 is 1.28 bits per heavy atom. The Labute approximate surface area is 101 Å². The minimum atomic E-state index is -4.40. The zero-order valence-electron chi connectivity index (χ0n) is 9.59. The molecule has 2 aromatic rings. The molecule has 2 rings (SSSR count). The summed E-state index contributed by atoms with van der Waals surface area (Å²) in [5, 5.41) is 0.0234. The lowest BCUT2D eigenvalue weighted by Crippen LogP contribution is -2.28. The molecule has 1 heterocycles. The average Bonchev–Trinajstić information content (AvgIpc) is 2.23. The van der Waals surface area contributed by atoms with Crippen LogP contribution in [0.25, 0.3) is 10.9 Å². The number of nitrogens with one attached hydrogen (secondary N) is 1. The predicted molar refractivity (Wildman–Crippen MR) is 64.4 cm³/mol. The maximum absolute atomic E-state index is 11.6. The van der Waals surface area contributed by atoms with Gasteiger partial charge in [-0.25, -0.2) is 4.79 Å². The van der Waals surface area contributed by atoms with E-state index in [1.165, 1.54) is 24.6 Å². The van der Waals surface area contributed by atoms with Crippen molar-refractivity contribution in [3.8, 4) is 0 Å². The van der Waals surface area contributed by atoms with Crippen LogP contribution in [0.4, 0.5) is 0 Å². The number of H-pyrrole nitrogens is 1. The molecule has 0 unspecified atom stereocenters. The van der Waals surface area contributed by atoms with Crippen molar-refractivity contribution in [3.05, 3.63) is 38.5 Å². The van der Waals surface area contributed by atoms with Gasteiger partial charge in [-0.05, 0) is 24.6 Å². The van der Waals surface area contributed by atoms with E-state index in [0.717, 1.165) is 6.07 Å². The van der Waals surface area contributed by atoms with E-state index in [2.05, 4.69) is 4.98 Å². The molecule has 2 N–H and O–H groups in total. The molecule has 96 valence electrons. The molecular formula is C10H10N2O5S. The first-order valence-electron chi connectivity index (χ1n) is 4.93. The van der Waals surface area contributed by atoms with Crippen LogP contribution in [-0.2, 0) is 17.2 Å². The van der Waals surface area contributed by atoms with Gasteiger partial charge in [-0.3, -0.25) is 18.9 Å². The first kappa shape index (κ1) is 12.5. The summed E-state index contributed by atoms with van der Waals surface area (Å²) in [6.45, 7) is 1.47. The van der Waals surface area contributed by atoms with E-state index >= 15 is 0 Å². The molecule has 0 radical (unpaired) electrons. The van der Waals surface area contributed by atoms with E-state index in [1.807, 2.05) is 0 Å². The van der Waals surface area contributed by atoms with E-state index < -0.39 is 21.4 Å². The van der Waals surface area contributed by atoms with Crippen molar-refractivity contribution in [2.45, 2.75) is 11.8 Å². The highest BCUT2D eigenvalue weighted by Gasteiger charge is 2.16. The Balaban J connectivity index is 3.08. The second-order valence-corrected chi connectivity index (χ2v) is 5.32. The largest absolute Gasteiger partial charge is 0.328 e. The molecule has 0 saturated carbocycles. The minimum Gasteiger partial charge on any atom is -0.296 e. The fourth-order valence-electron chi connectivity index (χ4n) is 1.77. The Hall–Kier alpha value is -1.93. The van der Waals surface area contributed by atoms with Crippen molar-refractivity contribution in [2.75, 3.05) is 0 Å². The van der Waals surface area contributed by atoms with Crippen molar-refractivity contribution < 1.29 is 13.0 Å². The van der Waals surface area contributed by atoms with Crippen LogP contribution in [0.1, 0.15) is 5.56 Å². The number of aryl methyl sites for hydroxylation is 2. The molecule has 8 heteroatoms. The molecular weight excluding hydrogens is 260 g/mol. The van der Waals surface area contributed by atoms with Crippen LogP contribution in [0.3, 0.4) is 0 Å². The zero-order valence-corrected chi connectivity index (χ0v) is 10.4. The topological polar surface area (TPSA) is 109 Å². The van der Waals surface area contributed by atoms with Gasteiger partial charge in [0.05, 0.1) is 15.8 Å². The lowest BCUT2D eigenvalue weighted by molar-refractivity contribution is 0.482. The summed E-state index contributed by atoms with van der Waals surface area (Å²) >= 11 is 0. The van der Waals surface area contributed by atoms with E-state index in [4.69, 9.17) is 4.55 Å². The van der Waals surface area contributed by atoms with E-state index in [0.29, 0.717) is 5.52 Å². The van der Waals surface area contributed by atoms with Crippen LogP contribution < -0.4 is 11.2 Å². The monoisotopic (exact) mass is 270 g/mol. The summed E-state index contributed by atoms with van der Waals surface area (Å²) in [6.07, 6.45) is 0. The summed E-state index contributed by atoms with van der Waals surface area (Å²) < 4.78 is 32.5.